The van der Waals surface area contributed by atoms with Crippen molar-refractivity contribution in [1.29, 1.82) is 0 Å². The van der Waals surface area contributed by atoms with Crippen LogP contribution in [-0.2, 0) is 11.3 Å². The van der Waals surface area contributed by atoms with E-state index in [1.807, 2.05) is 48.5 Å². The number of rotatable bonds is 5. The summed E-state index contributed by atoms with van der Waals surface area (Å²) in [5.41, 5.74) is 8.02. The van der Waals surface area contributed by atoms with E-state index >= 15 is 0 Å². The van der Waals surface area contributed by atoms with Crippen LogP contribution < -0.4 is 5.73 Å². The first kappa shape index (κ1) is 14.7. The van der Waals surface area contributed by atoms with Gasteiger partial charge < -0.3 is 10.5 Å². The Hall–Kier alpha value is -0.680. The van der Waals surface area contributed by atoms with Gasteiger partial charge in [-0.1, -0.05) is 56.1 Å². The number of hydrogen-bond acceptors (Lipinski definition) is 2. The lowest BCUT2D eigenvalue weighted by atomic mass is 10.1. The molecule has 0 amide bonds. The van der Waals surface area contributed by atoms with E-state index in [0.29, 0.717) is 13.2 Å². The van der Waals surface area contributed by atoms with E-state index in [-0.39, 0.29) is 6.10 Å². The van der Waals surface area contributed by atoms with Gasteiger partial charge in [0.1, 0.15) is 0 Å². The van der Waals surface area contributed by atoms with Gasteiger partial charge in [0.2, 0.25) is 0 Å². The third kappa shape index (κ3) is 4.42. The summed E-state index contributed by atoms with van der Waals surface area (Å²) in [4.78, 5) is 0. The maximum absolute atomic E-state index is 5.90. The molecule has 0 aliphatic rings. The van der Waals surface area contributed by atoms with E-state index in [0.717, 1.165) is 20.1 Å². The van der Waals surface area contributed by atoms with Crippen molar-refractivity contribution in [1.82, 2.24) is 0 Å². The molecule has 0 saturated carbocycles. The molecule has 0 radical (unpaired) electrons. The highest BCUT2D eigenvalue weighted by molar-refractivity contribution is 9.10. The first-order valence-corrected chi connectivity index (χ1v) is 7.59. The van der Waals surface area contributed by atoms with Crippen LogP contribution in [0.5, 0.6) is 0 Å². The van der Waals surface area contributed by atoms with Crippen LogP contribution in [0.15, 0.2) is 57.5 Å². The molecule has 19 heavy (non-hydrogen) atoms. The van der Waals surface area contributed by atoms with Gasteiger partial charge in [-0.05, 0) is 35.4 Å². The maximum atomic E-state index is 5.90. The number of benzene rings is 2. The maximum Gasteiger partial charge on any atom is 0.0952 e. The van der Waals surface area contributed by atoms with Crippen molar-refractivity contribution in [2.75, 3.05) is 6.54 Å². The monoisotopic (exact) mass is 383 g/mol. The zero-order chi connectivity index (χ0) is 13.7. The van der Waals surface area contributed by atoms with E-state index in [1.165, 1.54) is 0 Å². The Morgan fingerprint density at radius 2 is 1.74 bits per heavy atom. The van der Waals surface area contributed by atoms with Crippen molar-refractivity contribution < 1.29 is 4.74 Å². The minimum absolute atomic E-state index is 0.0823. The van der Waals surface area contributed by atoms with Gasteiger partial charge in [-0.25, -0.2) is 0 Å². The Balaban J connectivity index is 2.01. The van der Waals surface area contributed by atoms with Crippen LogP contribution in [0.3, 0.4) is 0 Å². The van der Waals surface area contributed by atoms with Crippen LogP contribution in [-0.4, -0.2) is 6.54 Å². The highest BCUT2D eigenvalue weighted by atomic mass is 79.9. The summed E-state index contributed by atoms with van der Waals surface area (Å²) in [5.74, 6) is 0. The standard InChI is InChI=1S/C15H15Br2NO/c16-13-6-4-11(5-7-13)10-19-15(9-18)12-2-1-3-14(17)8-12/h1-8,15H,9-10,18H2. The van der Waals surface area contributed by atoms with Crippen molar-refractivity contribution in [2.24, 2.45) is 5.73 Å². The van der Waals surface area contributed by atoms with E-state index in [4.69, 9.17) is 10.5 Å². The average molecular weight is 385 g/mol. The number of nitrogens with two attached hydrogens (primary N) is 1. The van der Waals surface area contributed by atoms with Gasteiger partial charge in [0.05, 0.1) is 12.7 Å². The molecule has 0 bridgehead atoms. The second-order valence-corrected chi connectivity index (χ2v) is 6.05. The predicted molar refractivity (Wildman–Crippen MR) is 84.9 cm³/mol. The molecule has 0 aromatic heterocycles. The van der Waals surface area contributed by atoms with Gasteiger partial charge in [-0.3, -0.25) is 0 Å². The van der Waals surface area contributed by atoms with E-state index in [1.54, 1.807) is 0 Å². The second kappa shape index (κ2) is 7.20. The molecule has 0 aliphatic heterocycles. The van der Waals surface area contributed by atoms with Crippen LogP contribution in [0.2, 0.25) is 0 Å². The Morgan fingerprint density at radius 1 is 1.00 bits per heavy atom. The van der Waals surface area contributed by atoms with E-state index in [2.05, 4.69) is 31.9 Å². The lowest BCUT2D eigenvalue weighted by Crippen LogP contribution is -2.15. The van der Waals surface area contributed by atoms with Crippen molar-refractivity contribution in [3.63, 3.8) is 0 Å². The van der Waals surface area contributed by atoms with Gasteiger partial charge in [-0.2, -0.15) is 0 Å². The smallest absolute Gasteiger partial charge is 0.0952 e. The normalized spacial score (nSPS) is 12.4. The van der Waals surface area contributed by atoms with E-state index in [9.17, 15) is 0 Å². The fraction of sp³-hybridized carbons (Fsp3) is 0.200. The molecule has 2 N–H and O–H groups in total. The molecule has 0 spiro atoms. The van der Waals surface area contributed by atoms with Crippen molar-refractivity contribution >= 4 is 31.9 Å². The SMILES string of the molecule is NCC(OCc1ccc(Br)cc1)c1cccc(Br)c1. The molecule has 100 valence electrons. The summed E-state index contributed by atoms with van der Waals surface area (Å²) in [6.07, 6.45) is -0.0823. The third-order valence-electron chi connectivity index (χ3n) is 2.80. The molecule has 0 fully saturated rings. The third-order valence-corrected chi connectivity index (χ3v) is 3.82. The summed E-state index contributed by atoms with van der Waals surface area (Å²) < 4.78 is 8.00. The summed E-state index contributed by atoms with van der Waals surface area (Å²) in [5, 5.41) is 0. The van der Waals surface area contributed by atoms with Gasteiger partial charge in [0, 0.05) is 15.5 Å². The Morgan fingerprint density at radius 3 is 2.37 bits per heavy atom. The molecule has 1 atom stereocenters. The van der Waals surface area contributed by atoms with Crippen LogP contribution >= 0.6 is 31.9 Å². The van der Waals surface area contributed by atoms with Gasteiger partial charge in [0.15, 0.2) is 0 Å². The van der Waals surface area contributed by atoms with Crippen LogP contribution in [0.25, 0.3) is 0 Å². The van der Waals surface area contributed by atoms with Gasteiger partial charge >= 0.3 is 0 Å². The molecule has 2 nitrogen and oxygen atoms in total. The molecular formula is C15H15Br2NO. The molecule has 0 aliphatic carbocycles. The van der Waals surface area contributed by atoms with Crippen LogP contribution in [0.1, 0.15) is 17.2 Å². The minimum atomic E-state index is -0.0823. The summed E-state index contributed by atoms with van der Waals surface area (Å²) in [7, 11) is 0. The summed E-state index contributed by atoms with van der Waals surface area (Å²) in [6, 6.07) is 16.2. The Kier molecular flexibility index (Phi) is 5.58. The van der Waals surface area contributed by atoms with Gasteiger partial charge in [0.25, 0.3) is 0 Å². The lowest BCUT2D eigenvalue weighted by Gasteiger charge is -2.17. The van der Waals surface area contributed by atoms with Gasteiger partial charge in [-0.15, -0.1) is 0 Å². The minimum Gasteiger partial charge on any atom is -0.368 e. The largest absolute Gasteiger partial charge is 0.368 e. The van der Waals surface area contributed by atoms with Crippen molar-refractivity contribution in [3.8, 4) is 0 Å². The predicted octanol–water partition coefficient (Wildman–Crippen LogP) is 4.43. The van der Waals surface area contributed by atoms with Crippen molar-refractivity contribution in [2.45, 2.75) is 12.7 Å². The summed E-state index contributed by atoms with van der Waals surface area (Å²) >= 11 is 6.88. The highest BCUT2D eigenvalue weighted by Gasteiger charge is 2.10. The zero-order valence-electron chi connectivity index (χ0n) is 10.4. The molecule has 0 heterocycles. The molecule has 4 heteroatoms. The number of halogens is 2. The molecule has 2 rings (SSSR count). The van der Waals surface area contributed by atoms with Crippen LogP contribution in [0, 0.1) is 0 Å². The average Bonchev–Trinajstić information content (AvgIpc) is 2.42. The molecular weight excluding hydrogens is 370 g/mol. The molecule has 2 aromatic rings. The molecule has 2 aromatic carbocycles. The molecule has 1 unspecified atom stereocenters. The summed E-state index contributed by atoms with van der Waals surface area (Å²) in [6.45, 7) is 1.02. The van der Waals surface area contributed by atoms with Crippen molar-refractivity contribution in [3.05, 3.63) is 68.6 Å². The van der Waals surface area contributed by atoms with E-state index < -0.39 is 0 Å². The number of ether oxygens (including phenoxy) is 1. The molecule has 0 saturated heterocycles. The topological polar surface area (TPSA) is 35.2 Å². The fourth-order valence-electron chi connectivity index (χ4n) is 1.78. The fourth-order valence-corrected chi connectivity index (χ4v) is 2.47. The quantitative estimate of drug-likeness (QED) is 0.827. The number of hydrogen-bond donors (Lipinski definition) is 1. The zero-order valence-corrected chi connectivity index (χ0v) is 13.5. The Bertz CT molecular complexity index is 528. The first-order valence-electron chi connectivity index (χ1n) is 6.00. The highest BCUT2D eigenvalue weighted by Crippen LogP contribution is 2.22. The first-order chi connectivity index (χ1) is 9.19. The second-order valence-electron chi connectivity index (χ2n) is 4.22. The Labute approximate surface area is 130 Å². The van der Waals surface area contributed by atoms with Crippen LogP contribution in [0.4, 0.5) is 0 Å². The lowest BCUT2D eigenvalue weighted by molar-refractivity contribution is 0.0456.